The van der Waals surface area contributed by atoms with Gasteiger partial charge in [-0.3, -0.25) is 0 Å². The topological polar surface area (TPSA) is 57.1 Å². The van der Waals surface area contributed by atoms with E-state index >= 15 is 0 Å². The molecule has 3 aromatic rings. The second-order valence-electron chi connectivity index (χ2n) is 5.42. The van der Waals surface area contributed by atoms with Crippen molar-refractivity contribution in [1.29, 1.82) is 0 Å². The molecule has 0 spiro atoms. The van der Waals surface area contributed by atoms with Gasteiger partial charge in [-0.25, -0.2) is 4.99 Å². The summed E-state index contributed by atoms with van der Waals surface area (Å²) in [5.74, 6) is 0.846. The standard InChI is InChI=1S/C18H23N5/c1-2-19-18(20-9-12-23-10-5-6-11-23)21-14-16-13-15-7-3-4-8-17(15)22-16/h3-8,10-11,13,22H,2,9,12,14H2,1H3,(H2,19,20,21). The van der Waals surface area contributed by atoms with E-state index in [1.807, 2.05) is 18.2 Å². The molecule has 23 heavy (non-hydrogen) atoms. The Morgan fingerprint density at radius 1 is 1.13 bits per heavy atom. The minimum atomic E-state index is 0.632. The molecule has 0 saturated heterocycles. The first kappa shape index (κ1) is 15.2. The van der Waals surface area contributed by atoms with Gasteiger partial charge in [0.2, 0.25) is 0 Å². The van der Waals surface area contributed by atoms with E-state index in [4.69, 9.17) is 0 Å². The summed E-state index contributed by atoms with van der Waals surface area (Å²) in [4.78, 5) is 8.06. The van der Waals surface area contributed by atoms with Crippen LogP contribution in [0.4, 0.5) is 0 Å². The van der Waals surface area contributed by atoms with Crippen LogP contribution in [-0.4, -0.2) is 28.6 Å². The van der Waals surface area contributed by atoms with Crippen LogP contribution in [0.3, 0.4) is 0 Å². The van der Waals surface area contributed by atoms with E-state index in [1.165, 1.54) is 5.39 Å². The molecule has 3 N–H and O–H groups in total. The molecule has 1 aromatic carbocycles. The zero-order valence-electron chi connectivity index (χ0n) is 13.4. The van der Waals surface area contributed by atoms with Gasteiger partial charge in [-0.05, 0) is 36.6 Å². The molecule has 0 aliphatic carbocycles. The molecule has 120 valence electrons. The lowest BCUT2D eigenvalue weighted by Gasteiger charge is -2.11. The van der Waals surface area contributed by atoms with Crippen molar-refractivity contribution in [3.05, 3.63) is 60.6 Å². The molecule has 0 amide bonds. The molecule has 0 radical (unpaired) electrons. The van der Waals surface area contributed by atoms with Crippen LogP contribution in [0, 0.1) is 0 Å². The first-order valence-electron chi connectivity index (χ1n) is 8.04. The first-order chi connectivity index (χ1) is 11.3. The summed E-state index contributed by atoms with van der Waals surface area (Å²) < 4.78 is 2.15. The maximum atomic E-state index is 4.65. The zero-order chi connectivity index (χ0) is 15.9. The van der Waals surface area contributed by atoms with Crippen LogP contribution in [0.15, 0.2) is 59.9 Å². The maximum absolute atomic E-state index is 4.65. The van der Waals surface area contributed by atoms with E-state index in [0.717, 1.165) is 36.8 Å². The van der Waals surface area contributed by atoms with E-state index in [0.29, 0.717) is 6.54 Å². The third-order valence-corrected chi connectivity index (χ3v) is 3.67. The number of nitrogens with one attached hydrogen (secondary N) is 3. The molecule has 0 unspecified atom stereocenters. The van der Waals surface area contributed by atoms with Crippen LogP contribution in [0.1, 0.15) is 12.6 Å². The Morgan fingerprint density at radius 3 is 2.74 bits per heavy atom. The summed E-state index contributed by atoms with van der Waals surface area (Å²) in [6.07, 6.45) is 4.13. The average Bonchev–Trinajstić information content (AvgIpc) is 3.21. The van der Waals surface area contributed by atoms with Gasteiger partial charge in [-0.2, -0.15) is 0 Å². The number of aromatic amines is 1. The minimum absolute atomic E-state index is 0.632. The summed E-state index contributed by atoms with van der Waals surface area (Å²) in [6.45, 7) is 5.32. The second kappa shape index (κ2) is 7.54. The molecular weight excluding hydrogens is 286 g/mol. The van der Waals surface area contributed by atoms with Gasteiger partial charge in [0.05, 0.1) is 6.54 Å². The third kappa shape index (κ3) is 4.16. The summed E-state index contributed by atoms with van der Waals surface area (Å²) in [5, 5.41) is 7.87. The summed E-state index contributed by atoms with van der Waals surface area (Å²) in [6, 6.07) is 14.5. The molecule has 0 atom stereocenters. The van der Waals surface area contributed by atoms with Crippen molar-refractivity contribution in [2.75, 3.05) is 13.1 Å². The predicted molar refractivity (Wildman–Crippen MR) is 95.5 cm³/mol. The van der Waals surface area contributed by atoms with Crippen LogP contribution >= 0.6 is 0 Å². The highest BCUT2D eigenvalue weighted by Crippen LogP contribution is 2.14. The van der Waals surface area contributed by atoms with Crippen molar-refractivity contribution in [1.82, 2.24) is 20.2 Å². The Morgan fingerprint density at radius 2 is 1.96 bits per heavy atom. The smallest absolute Gasteiger partial charge is 0.191 e. The number of guanidine groups is 1. The molecule has 2 heterocycles. The summed E-state index contributed by atoms with van der Waals surface area (Å²) >= 11 is 0. The van der Waals surface area contributed by atoms with Gasteiger partial charge >= 0.3 is 0 Å². The quantitative estimate of drug-likeness (QED) is 0.484. The van der Waals surface area contributed by atoms with E-state index in [-0.39, 0.29) is 0 Å². The van der Waals surface area contributed by atoms with Gasteiger partial charge < -0.3 is 20.2 Å². The van der Waals surface area contributed by atoms with Gasteiger partial charge in [0.25, 0.3) is 0 Å². The van der Waals surface area contributed by atoms with Gasteiger partial charge in [0, 0.05) is 43.2 Å². The number of aliphatic imine (C=N–C) groups is 1. The Bertz CT molecular complexity index is 722. The predicted octanol–water partition coefficient (Wildman–Crippen LogP) is 2.72. The number of benzene rings is 1. The Balaban J connectivity index is 1.59. The van der Waals surface area contributed by atoms with Crippen molar-refractivity contribution in [3.8, 4) is 0 Å². The number of aromatic nitrogens is 2. The Kier molecular flexibility index (Phi) is 4.99. The molecule has 0 saturated carbocycles. The lowest BCUT2D eigenvalue weighted by molar-refractivity contribution is 0.665. The van der Waals surface area contributed by atoms with Gasteiger partial charge in [-0.15, -0.1) is 0 Å². The fraction of sp³-hybridized carbons (Fsp3) is 0.278. The molecule has 2 aromatic heterocycles. The monoisotopic (exact) mass is 309 g/mol. The number of rotatable bonds is 6. The van der Waals surface area contributed by atoms with Gasteiger partial charge in [-0.1, -0.05) is 18.2 Å². The highest BCUT2D eigenvalue weighted by Gasteiger charge is 2.01. The van der Waals surface area contributed by atoms with Gasteiger partial charge in [0.15, 0.2) is 5.96 Å². The van der Waals surface area contributed by atoms with Crippen LogP contribution < -0.4 is 10.6 Å². The SMILES string of the molecule is CCNC(=NCc1cc2ccccc2[nH]1)NCCn1cccc1. The number of para-hydroxylation sites is 1. The average molecular weight is 309 g/mol. The lowest BCUT2D eigenvalue weighted by atomic mass is 10.2. The fourth-order valence-electron chi connectivity index (χ4n) is 2.55. The molecule has 5 nitrogen and oxygen atoms in total. The number of H-pyrrole nitrogens is 1. The van der Waals surface area contributed by atoms with Crippen LogP contribution in [0.2, 0.25) is 0 Å². The van der Waals surface area contributed by atoms with E-state index in [2.05, 4.69) is 68.8 Å². The molecule has 5 heteroatoms. The van der Waals surface area contributed by atoms with Crippen LogP contribution in [-0.2, 0) is 13.1 Å². The van der Waals surface area contributed by atoms with Gasteiger partial charge in [0.1, 0.15) is 0 Å². The van der Waals surface area contributed by atoms with Crippen molar-refractivity contribution >= 4 is 16.9 Å². The normalized spacial score (nSPS) is 11.8. The molecule has 3 rings (SSSR count). The zero-order valence-corrected chi connectivity index (χ0v) is 13.4. The molecule has 0 bridgehead atoms. The Labute approximate surface area is 136 Å². The second-order valence-corrected chi connectivity index (χ2v) is 5.42. The van der Waals surface area contributed by atoms with Crippen LogP contribution in [0.5, 0.6) is 0 Å². The highest BCUT2D eigenvalue weighted by atomic mass is 15.2. The third-order valence-electron chi connectivity index (χ3n) is 3.67. The maximum Gasteiger partial charge on any atom is 0.191 e. The number of nitrogens with zero attached hydrogens (tertiary/aromatic N) is 2. The number of hydrogen-bond acceptors (Lipinski definition) is 1. The largest absolute Gasteiger partial charge is 0.357 e. The number of hydrogen-bond donors (Lipinski definition) is 3. The molecular formula is C18H23N5. The van der Waals surface area contributed by atoms with E-state index in [9.17, 15) is 0 Å². The van der Waals surface area contributed by atoms with Crippen molar-refractivity contribution in [3.63, 3.8) is 0 Å². The van der Waals surface area contributed by atoms with E-state index < -0.39 is 0 Å². The molecule has 0 aliphatic heterocycles. The fourth-order valence-corrected chi connectivity index (χ4v) is 2.55. The van der Waals surface area contributed by atoms with Crippen molar-refractivity contribution < 1.29 is 0 Å². The summed E-state index contributed by atoms with van der Waals surface area (Å²) in [7, 11) is 0. The lowest BCUT2D eigenvalue weighted by Crippen LogP contribution is -2.38. The molecule has 0 aliphatic rings. The summed E-state index contributed by atoms with van der Waals surface area (Å²) in [5.41, 5.74) is 2.28. The van der Waals surface area contributed by atoms with Crippen molar-refractivity contribution in [2.24, 2.45) is 4.99 Å². The molecule has 0 fully saturated rings. The highest BCUT2D eigenvalue weighted by molar-refractivity contribution is 5.81. The van der Waals surface area contributed by atoms with Crippen LogP contribution in [0.25, 0.3) is 10.9 Å². The van der Waals surface area contributed by atoms with E-state index in [1.54, 1.807) is 0 Å². The minimum Gasteiger partial charge on any atom is -0.357 e. The van der Waals surface area contributed by atoms with Crippen molar-refractivity contribution in [2.45, 2.75) is 20.0 Å². The number of fused-ring (bicyclic) bond motifs is 1. The Hall–Kier alpha value is -2.69. The first-order valence-corrected chi connectivity index (χ1v) is 8.04.